The topological polar surface area (TPSA) is 38.8 Å². The number of hydrogen-bond acceptors (Lipinski definition) is 3. The molecule has 0 aromatic heterocycles. The monoisotopic (exact) mass is 309 g/mol. The number of fused-ring (bicyclic) bond motifs is 3. The summed E-state index contributed by atoms with van der Waals surface area (Å²) in [6.07, 6.45) is -0.241. The van der Waals surface area contributed by atoms with E-state index in [0.29, 0.717) is 32.9 Å². The van der Waals surface area contributed by atoms with Crippen LogP contribution in [0.5, 0.6) is 0 Å². The molecule has 1 fully saturated rings. The van der Waals surface area contributed by atoms with Gasteiger partial charge in [0.05, 0.1) is 13.2 Å². The summed E-state index contributed by atoms with van der Waals surface area (Å²) in [7, 11) is 0. The number of rotatable bonds is 2. The van der Waals surface area contributed by atoms with Gasteiger partial charge in [0.2, 0.25) is 0 Å². The van der Waals surface area contributed by atoms with E-state index in [2.05, 4.69) is 36.4 Å². The highest BCUT2D eigenvalue weighted by atomic mass is 16.6. The summed E-state index contributed by atoms with van der Waals surface area (Å²) in [6, 6.07) is 16.7. The first-order chi connectivity index (χ1) is 11.3. The van der Waals surface area contributed by atoms with E-state index in [0.717, 1.165) is 0 Å². The van der Waals surface area contributed by atoms with Gasteiger partial charge < -0.3 is 14.4 Å². The van der Waals surface area contributed by atoms with Crippen molar-refractivity contribution in [2.45, 2.75) is 5.92 Å². The second-order valence-corrected chi connectivity index (χ2v) is 5.90. The lowest BCUT2D eigenvalue weighted by atomic mass is 9.98. The van der Waals surface area contributed by atoms with Crippen LogP contribution >= 0.6 is 0 Å². The van der Waals surface area contributed by atoms with Crippen LogP contribution in [0.4, 0.5) is 4.79 Å². The van der Waals surface area contributed by atoms with Crippen LogP contribution in [0.2, 0.25) is 0 Å². The van der Waals surface area contributed by atoms with Crippen LogP contribution in [0.15, 0.2) is 48.5 Å². The lowest BCUT2D eigenvalue weighted by Gasteiger charge is -2.26. The van der Waals surface area contributed by atoms with E-state index in [1.807, 2.05) is 12.1 Å². The molecule has 2 aliphatic rings. The Hall–Kier alpha value is -2.33. The summed E-state index contributed by atoms with van der Waals surface area (Å²) in [5.41, 5.74) is 4.97. The number of morpholine rings is 1. The largest absolute Gasteiger partial charge is 0.448 e. The molecule has 0 atom stereocenters. The molecule has 0 unspecified atom stereocenters. The molecule has 1 saturated heterocycles. The van der Waals surface area contributed by atoms with Gasteiger partial charge in [-0.05, 0) is 22.3 Å². The lowest BCUT2D eigenvalue weighted by Crippen LogP contribution is -2.41. The molecule has 0 spiro atoms. The van der Waals surface area contributed by atoms with Crippen molar-refractivity contribution >= 4 is 6.09 Å². The third kappa shape index (κ3) is 2.59. The van der Waals surface area contributed by atoms with Crippen molar-refractivity contribution < 1.29 is 14.3 Å². The Morgan fingerprint density at radius 1 is 1.00 bits per heavy atom. The van der Waals surface area contributed by atoms with Gasteiger partial charge in [-0.1, -0.05) is 48.5 Å². The highest BCUT2D eigenvalue weighted by molar-refractivity contribution is 5.79. The average molecular weight is 309 g/mol. The standard InChI is InChI=1S/C19H19NO3/c21-19(20-9-11-22-12-10-20)23-13-18-16-7-3-1-5-14(16)15-6-2-4-8-17(15)18/h1-8,18H,9-13H2. The summed E-state index contributed by atoms with van der Waals surface area (Å²) in [5, 5.41) is 0. The van der Waals surface area contributed by atoms with Crippen LogP contribution in [0.1, 0.15) is 17.0 Å². The molecule has 4 rings (SSSR count). The zero-order valence-corrected chi connectivity index (χ0v) is 12.9. The Labute approximate surface area is 135 Å². The highest BCUT2D eigenvalue weighted by Gasteiger charge is 2.29. The van der Waals surface area contributed by atoms with Crippen LogP contribution in [0.25, 0.3) is 11.1 Å². The number of carbonyl (C=O) groups is 1. The fraction of sp³-hybridized carbons (Fsp3) is 0.316. The average Bonchev–Trinajstić information content (AvgIpc) is 2.94. The summed E-state index contributed by atoms with van der Waals surface area (Å²) in [6.45, 7) is 2.77. The first kappa shape index (κ1) is 14.3. The molecule has 4 heteroatoms. The van der Waals surface area contributed by atoms with Crippen molar-refractivity contribution in [1.82, 2.24) is 4.90 Å². The van der Waals surface area contributed by atoms with E-state index in [1.54, 1.807) is 4.90 Å². The maximum Gasteiger partial charge on any atom is 0.409 e. The van der Waals surface area contributed by atoms with E-state index in [4.69, 9.17) is 9.47 Å². The Kier molecular flexibility index (Phi) is 3.75. The first-order valence-corrected chi connectivity index (χ1v) is 8.02. The molecule has 23 heavy (non-hydrogen) atoms. The van der Waals surface area contributed by atoms with Crippen molar-refractivity contribution in [2.24, 2.45) is 0 Å². The maximum atomic E-state index is 12.2. The van der Waals surface area contributed by atoms with Crippen molar-refractivity contribution in [2.75, 3.05) is 32.9 Å². The smallest absolute Gasteiger partial charge is 0.409 e. The number of nitrogens with zero attached hydrogens (tertiary/aromatic N) is 1. The molecule has 0 radical (unpaired) electrons. The van der Waals surface area contributed by atoms with Gasteiger partial charge in [-0.15, -0.1) is 0 Å². The second kappa shape index (κ2) is 6.05. The van der Waals surface area contributed by atoms with Gasteiger partial charge in [-0.2, -0.15) is 0 Å². The number of hydrogen-bond donors (Lipinski definition) is 0. The maximum absolute atomic E-state index is 12.2. The summed E-state index contributed by atoms with van der Waals surface area (Å²) in [5.74, 6) is 0.118. The van der Waals surface area contributed by atoms with Gasteiger partial charge >= 0.3 is 6.09 Å². The second-order valence-electron chi connectivity index (χ2n) is 5.90. The van der Waals surface area contributed by atoms with Crippen molar-refractivity contribution in [3.05, 3.63) is 59.7 Å². The summed E-state index contributed by atoms with van der Waals surface area (Å²) in [4.78, 5) is 13.9. The lowest BCUT2D eigenvalue weighted by molar-refractivity contribution is 0.0265. The molecule has 118 valence electrons. The zero-order valence-electron chi connectivity index (χ0n) is 12.9. The van der Waals surface area contributed by atoms with Gasteiger partial charge in [0.1, 0.15) is 6.61 Å². The van der Waals surface area contributed by atoms with Crippen LogP contribution in [0.3, 0.4) is 0 Å². The summed E-state index contributed by atoms with van der Waals surface area (Å²) < 4.78 is 10.9. The molecule has 0 saturated carbocycles. The van der Waals surface area contributed by atoms with Crippen LogP contribution < -0.4 is 0 Å². The van der Waals surface area contributed by atoms with Gasteiger partial charge in [-0.3, -0.25) is 0 Å². The molecular weight excluding hydrogens is 290 g/mol. The minimum Gasteiger partial charge on any atom is -0.448 e. The fourth-order valence-electron chi connectivity index (χ4n) is 3.43. The van der Waals surface area contributed by atoms with Crippen LogP contribution in [-0.2, 0) is 9.47 Å². The van der Waals surface area contributed by atoms with Gasteiger partial charge in [0.25, 0.3) is 0 Å². The molecule has 4 nitrogen and oxygen atoms in total. The van der Waals surface area contributed by atoms with E-state index >= 15 is 0 Å². The minimum absolute atomic E-state index is 0.118. The molecule has 1 amide bonds. The molecule has 2 aromatic rings. The van der Waals surface area contributed by atoms with E-state index in [9.17, 15) is 4.79 Å². The molecular formula is C19H19NO3. The van der Waals surface area contributed by atoms with E-state index in [-0.39, 0.29) is 12.0 Å². The van der Waals surface area contributed by atoms with E-state index < -0.39 is 0 Å². The van der Waals surface area contributed by atoms with Crippen molar-refractivity contribution in [1.29, 1.82) is 0 Å². The van der Waals surface area contributed by atoms with Gasteiger partial charge in [0.15, 0.2) is 0 Å². The fourth-order valence-corrected chi connectivity index (χ4v) is 3.43. The number of amides is 1. The van der Waals surface area contributed by atoms with Crippen LogP contribution in [0, 0.1) is 0 Å². The zero-order chi connectivity index (χ0) is 15.6. The molecule has 1 aliphatic heterocycles. The van der Waals surface area contributed by atoms with Gasteiger partial charge in [-0.25, -0.2) is 4.79 Å². The normalized spacial score (nSPS) is 16.8. The van der Waals surface area contributed by atoms with Crippen molar-refractivity contribution in [3.8, 4) is 11.1 Å². The van der Waals surface area contributed by atoms with Crippen molar-refractivity contribution in [3.63, 3.8) is 0 Å². The molecule has 0 bridgehead atoms. The third-order valence-electron chi connectivity index (χ3n) is 4.61. The third-order valence-corrected chi connectivity index (χ3v) is 4.61. The number of benzene rings is 2. The SMILES string of the molecule is O=C(OCC1c2ccccc2-c2ccccc21)N1CCOCC1. The molecule has 1 aliphatic carbocycles. The Balaban J connectivity index is 1.53. The Morgan fingerprint density at radius 2 is 1.57 bits per heavy atom. The minimum atomic E-state index is -0.241. The molecule has 0 N–H and O–H groups in total. The predicted molar refractivity (Wildman–Crippen MR) is 87.5 cm³/mol. The van der Waals surface area contributed by atoms with Gasteiger partial charge in [0, 0.05) is 19.0 Å². The summed E-state index contributed by atoms with van der Waals surface area (Å²) >= 11 is 0. The quantitative estimate of drug-likeness (QED) is 0.854. The molecule has 2 aromatic carbocycles. The Morgan fingerprint density at radius 3 is 2.17 bits per heavy atom. The van der Waals surface area contributed by atoms with E-state index in [1.165, 1.54) is 22.3 Å². The molecule has 1 heterocycles. The highest BCUT2D eigenvalue weighted by Crippen LogP contribution is 2.44. The first-order valence-electron chi connectivity index (χ1n) is 8.02. The number of ether oxygens (including phenoxy) is 2. The predicted octanol–water partition coefficient (Wildman–Crippen LogP) is 3.27. The Bertz CT molecular complexity index is 677. The van der Waals surface area contributed by atoms with Crippen LogP contribution in [-0.4, -0.2) is 43.9 Å². The number of carbonyl (C=O) groups excluding carboxylic acids is 1.